The van der Waals surface area contributed by atoms with Crippen molar-refractivity contribution in [1.29, 1.82) is 0 Å². The fraction of sp³-hybridized carbons (Fsp3) is 0.565. The molecule has 162 valence electrons. The van der Waals surface area contributed by atoms with Gasteiger partial charge >= 0.3 is 5.97 Å². The number of rotatable bonds is 5. The van der Waals surface area contributed by atoms with Gasteiger partial charge in [0, 0.05) is 0 Å². The summed E-state index contributed by atoms with van der Waals surface area (Å²) in [5.74, 6) is -2.02. The van der Waals surface area contributed by atoms with Crippen LogP contribution in [0.3, 0.4) is 0 Å². The van der Waals surface area contributed by atoms with E-state index in [9.17, 15) is 19.2 Å². The Morgan fingerprint density at radius 3 is 2.07 bits per heavy atom. The standard InChI is InChI=1S/C23H30N2O5/c1-14(25-20(27)16-12-8-9-13-17(16)21(25)28)19(26)24-18(15-10-6-5-7-11-15)22(29)30-23(2,3)4/h8-9,12-15,18H,5-7,10-11H2,1-4H3,(H,24,26)/t14-,18?/m0/s1. The molecule has 7 nitrogen and oxygen atoms in total. The lowest BCUT2D eigenvalue weighted by molar-refractivity contribution is -0.161. The maximum absolute atomic E-state index is 13.0. The third-order valence-corrected chi connectivity index (χ3v) is 5.67. The number of imide groups is 1. The van der Waals surface area contributed by atoms with E-state index in [1.807, 2.05) is 0 Å². The molecule has 1 aliphatic carbocycles. The number of benzene rings is 1. The molecule has 2 atom stereocenters. The van der Waals surface area contributed by atoms with Gasteiger partial charge in [-0.15, -0.1) is 0 Å². The van der Waals surface area contributed by atoms with Gasteiger partial charge in [0.2, 0.25) is 5.91 Å². The molecule has 0 bridgehead atoms. The minimum Gasteiger partial charge on any atom is -0.458 e. The molecular weight excluding hydrogens is 384 g/mol. The van der Waals surface area contributed by atoms with E-state index >= 15 is 0 Å². The number of hydrogen-bond acceptors (Lipinski definition) is 5. The molecule has 3 rings (SSSR count). The average molecular weight is 415 g/mol. The lowest BCUT2D eigenvalue weighted by Gasteiger charge is -2.33. The maximum Gasteiger partial charge on any atom is 0.329 e. The van der Waals surface area contributed by atoms with Crippen molar-refractivity contribution < 1.29 is 23.9 Å². The smallest absolute Gasteiger partial charge is 0.329 e. The molecular formula is C23H30N2O5. The molecule has 1 aromatic rings. The number of carbonyl (C=O) groups is 4. The Labute approximate surface area is 177 Å². The first-order chi connectivity index (χ1) is 14.1. The summed E-state index contributed by atoms with van der Waals surface area (Å²) in [6, 6.07) is 4.68. The Bertz CT molecular complexity index is 816. The molecule has 1 N–H and O–H groups in total. The van der Waals surface area contributed by atoms with Crippen LogP contribution in [-0.4, -0.2) is 46.3 Å². The molecule has 0 aromatic heterocycles. The largest absolute Gasteiger partial charge is 0.458 e. The molecule has 1 unspecified atom stereocenters. The fourth-order valence-corrected chi connectivity index (χ4v) is 4.15. The van der Waals surface area contributed by atoms with Crippen LogP contribution in [0.4, 0.5) is 0 Å². The van der Waals surface area contributed by atoms with E-state index in [1.165, 1.54) is 6.92 Å². The van der Waals surface area contributed by atoms with Gasteiger partial charge in [-0.05, 0) is 58.6 Å². The van der Waals surface area contributed by atoms with Crippen molar-refractivity contribution in [2.24, 2.45) is 5.92 Å². The predicted octanol–water partition coefficient (Wildman–Crippen LogP) is 3.08. The van der Waals surface area contributed by atoms with E-state index in [0.717, 1.165) is 37.0 Å². The monoisotopic (exact) mass is 414 g/mol. The Kier molecular flexibility index (Phi) is 6.29. The summed E-state index contributed by atoms with van der Waals surface area (Å²) >= 11 is 0. The summed E-state index contributed by atoms with van der Waals surface area (Å²) in [4.78, 5) is 52.2. The van der Waals surface area contributed by atoms with Crippen molar-refractivity contribution in [1.82, 2.24) is 10.2 Å². The van der Waals surface area contributed by atoms with E-state index < -0.39 is 41.4 Å². The van der Waals surface area contributed by atoms with Gasteiger partial charge in [0.05, 0.1) is 11.1 Å². The van der Waals surface area contributed by atoms with Crippen LogP contribution in [-0.2, 0) is 14.3 Å². The van der Waals surface area contributed by atoms with Gasteiger partial charge < -0.3 is 10.1 Å². The highest BCUT2D eigenvalue weighted by Gasteiger charge is 2.42. The van der Waals surface area contributed by atoms with Crippen molar-refractivity contribution in [3.63, 3.8) is 0 Å². The molecule has 0 spiro atoms. The van der Waals surface area contributed by atoms with Gasteiger partial charge in [-0.3, -0.25) is 19.3 Å². The summed E-state index contributed by atoms with van der Waals surface area (Å²) in [6.07, 6.45) is 4.75. The lowest BCUT2D eigenvalue weighted by atomic mass is 9.83. The van der Waals surface area contributed by atoms with Gasteiger partial charge in [-0.1, -0.05) is 31.4 Å². The second-order valence-corrected chi connectivity index (χ2v) is 9.12. The van der Waals surface area contributed by atoms with Gasteiger partial charge in [0.1, 0.15) is 17.7 Å². The Hall–Kier alpha value is -2.70. The first-order valence-corrected chi connectivity index (χ1v) is 10.6. The average Bonchev–Trinajstić information content (AvgIpc) is 2.95. The van der Waals surface area contributed by atoms with E-state index in [-0.39, 0.29) is 17.0 Å². The highest BCUT2D eigenvalue weighted by atomic mass is 16.6. The third kappa shape index (κ3) is 4.55. The molecule has 1 aromatic carbocycles. The van der Waals surface area contributed by atoms with Crippen LogP contribution in [0.5, 0.6) is 0 Å². The maximum atomic E-state index is 13.0. The van der Waals surface area contributed by atoms with Gasteiger partial charge in [0.15, 0.2) is 0 Å². The van der Waals surface area contributed by atoms with Crippen LogP contribution >= 0.6 is 0 Å². The van der Waals surface area contributed by atoms with Gasteiger partial charge in [-0.25, -0.2) is 4.79 Å². The van der Waals surface area contributed by atoms with E-state index in [0.29, 0.717) is 0 Å². The first-order valence-electron chi connectivity index (χ1n) is 10.6. The van der Waals surface area contributed by atoms with Gasteiger partial charge in [0.25, 0.3) is 11.8 Å². The molecule has 0 saturated heterocycles. The van der Waals surface area contributed by atoms with E-state index in [1.54, 1.807) is 45.0 Å². The molecule has 2 aliphatic rings. The number of nitrogens with zero attached hydrogens (tertiary/aromatic N) is 1. The van der Waals surface area contributed by atoms with Gasteiger partial charge in [-0.2, -0.15) is 0 Å². The second kappa shape index (κ2) is 8.58. The summed E-state index contributed by atoms with van der Waals surface area (Å²) < 4.78 is 5.55. The normalized spacial score (nSPS) is 19.3. The zero-order valence-electron chi connectivity index (χ0n) is 18.1. The molecule has 7 heteroatoms. The third-order valence-electron chi connectivity index (χ3n) is 5.67. The van der Waals surface area contributed by atoms with Crippen LogP contribution in [0, 0.1) is 5.92 Å². The number of carbonyl (C=O) groups excluding carboxylic acids is 4. The van der Waals surface area contributed by atoms with Crippen LogP contribution < -0.4 is 5.32 Å². The number of esters is 1. The van der Waals surface area contributed by atoms with Crippen molar-refractivity contribution in [2.75, 3.05) is 0 Å². The van der Waals surface area contributed by atoms with E-state index in [2.05, 4.69) is 5.32 Å². The van der Waals surface area contributed by atoms with Crippen LogP contribution in [0.15, 0.2) is 24.3 Å². The Balaban J connectivity index is 1.77. The topological polar surface area (TPSA) is 92.8 Å². The summed E-state index contributed by atoms with van der Waals surface area (Å²) in [7, 11) is 0. The van der Waals surface area contributed by atoms with E-state index in [4.69, 9.17) is 4.74 Å². The highest BCUT2D eigenvalue weighted by molar-refractivity contribution is 6.22. The summed E-state index contributed by atoms with van der Waals surface area (Å²) in [5.41, 5.74) is -0.0978. The molecule has 0 radical (unpaired) electrons. The molecule has 30 heavy (non-hydrogen) atoms. The highest BCUT2D eigenvalue weighted by Crippen LogP contribution is 2.29. The number of nitrogens with one attached hydrogen (secondary N) is 1. The minimum atomic E-state index is -1.04. The predicted molar refractivity (Wildman–Crippen MR) is 111 cm³/mol. The SMILES string of the molecule is C[C@@H](C(=O)NC(C(=O)OC(C)(C)C)C1CCCCC1)N1C(=O)c2ccccc2C1=O. The zero-order valence-corrected chi connectivity index (χ0v) is 18.1. The lowest BCUT2D eigenvalue weighted by Crippen LogP contribution is -2.55. The summed E-state index contributed by atoms with van der Waals surface area (Å²) in [5, 5.41) is 2.79. The Morgan fingerprint density at radius 2 is 1.57 bits per heavy atom. The number of amides is 3. The van der Waals surface area contributed by atoms with Crippen LogP contribution in [0.2, 0.25) is 0 Å². The van der Waals surface area contributed by atoms with Crippen LogP contribution in [0.25, 0.3) is 0 Å². The molecule has 1 heterocycles. The molecule has 1 fully saturated rings. The number of fused-ring (bicyclic) bond motifs is 1. The van der Waals surface area contributed by atoms with Crippen molar-refractivity contribution in [3.8, 4) is 0 Å². The first kappa shape index (κ1) is 22.0. The van der Waals surface area contributed by atoms with Crippen LogP contribution in [0.1, 0.15) is 80.5 Å². The fourth-order valence-electron chi connectivity index (χ4n) is 4.15. The molecule has 1 aliphatic heterocycles. The number of ether oxygens (including phenoxy) is 1. The molecule has 3 amide bonds. The molecule has 1 saturated carbocycles. The summed E-state index contributed by atoms with van der Waals surface area (Å²) in [6.45, 7) is 6.86. The van der Waals surface area contributed by atoms with Crippen molar-refractivity contribution in [2.45, 2.75) is 77.5 Å². The number of hydrogen-bond donors (Lipinski definition) is 1. The zero-order chi connectivity index (χ0) is 22.1. The van der Waals surface area contributed by atoms with Crippen molar-refractivity contribution in [3.05, 3.63) is 35.4 Å². The Morgan fingerprint density at radius 1 is 1.03 bits per heavy atom. The van der Waals surface area contributed by atoms with Crippen molar-refractivity contribution >= 4 is 23.7 Å². The second-order valence-electron chi connectivity index (χ2n) is 9.12. The quantitative estimate of drug-likeness (QED) is 0.590. The minimum absolute atomic E-state index is 0.0214.